The lowest BCUT2D eigenvalue weighted by molar-refractivity contribution is 0.105. The van der Waals surface area contributed by atoms with Crippen LogP contribution in [0, 0.1) is 41.4 Å². The summed E-state index contributed by atoms with van der Waals surface area (Å²) in [6.07, 6.45) is 25.1. The van der Waals surface area contributed by atoms with E-state index < -0.39 is 0 Å². The SMILES string of the molecule is CC1CCC(C2CCC(C3CCC(CCC4CC4)CC3)CC2)CC1. The Morgan fingerprint density at radius 1 is 0.417 bits per heavy atom. The molecule has 4 rings (SSSR count). The molecule has 0 aromatic carbocycles. The molecular formula is C24H42. The minimum absolute atomic E-state index is 1.02. The molecule has 0 heteroatoms. The Labute approximate surface area is 151 Å². The summed E-state index contributed by atoms with van der Waals surface area (Å²) < 4.78 is 0. The Morgan fingerprint density at radius 3 is 1.08 bits per heavy atom. The van der Waals surface area contributed by atoms with E-state index in [1.165, 1.54) is 12.8 Å². The molecule has 0 N–H and O–H groups in total. The molecular weight excluding hydrogens is 288 g/mol. The second-order valence-corrected chi connectivity index (χ2v) is 10.5. The first kappa shape index (κ1) is 17.4. The van der Waals surface area contributed by atoms with Crippen LogP contribution in [-0.4, -0.2) is 0 Å². The van der Waals surface area contributed by atoms with Crippen molar-refractivity contribution in [3.8, 4) is 0 Å². The largest absolute Gasteiger partial charge is 0.0625 e. The van der Waals surface area contributed by atoms with E-state index in [-0.39, 0.29) is 0 Å². The van der Waals surface area contributed by atoms with Crippen molar-refractivity contribution in [1.29, 1.82) is 0 Å². The average Bonchev–Trinajstić information content (AvgIpc) is 3.46. The predicted octanol–water partition coefficient (Wildman–Crippen LogP) is 7.62. The fourth-order valence-electron chi connectivity index (χ4n) is 6.67. The summed E-state index contributed by atoms with van der Waals surface area (Å²) in [5, 5.41) is 0. The molecule has 0 spiro atoms. The van der Waals surface area contributed by atoms with E-state index in [0.717, 1.165) is 41.4 Å². The molecule has 4 aliphatic rings. The van der Waals surface area contributed by atoms with Gasteiger partial charge in [0.15, 0.2) is 0 Å². The molecule has 4 fully saturated rings. The molecule has 0 aromatic heterocycles. The Morgan fingerprint density at radius 2 is 0.708 bits per heavy atom. The maximum atomic E-state index is 2.47. The third-order valence-electron chi connectivity index (χ3n) is 8.78. The summed E-state index contributed by atoms with van der Waals surface area (Å²) in [5.41, 5.74) is 0. The van der Waals surface area contributed by atoms with Crippen LogP contribution in [0.25, 0.3) is 0 Å². The minimum Gasteiger partial charge on any atom is -0.0625 e. The summed E-state index contributed by atoms with van der Waals surface area (Å²) in [7, 11) is 0. The second kappa shape index (κ2) is 8.13. The molecule has 0 aliphatic heterocycles. The first-order valence-electron chi connectivity index (χ1n) is 11.8. The van der Waals surface area contributed by atoms with E-state index in [1.807, 2.05) is 0 Å². The quantitative estimate of drug-likeness (QED) is 0.486. The fourth-order valence-corrected chi connectivity index (χ4v) is 6.67. The van der Waals surface area contributed by atoms with E-state index in [4.69, 9.17) is 0 Å². The van der Waals surface area contributed by atoms with Gasteiger partial charge < -0.3 is 0 Å². The van der Waals surface area contributed by atoms with Gasteiger partial charge in [0, 0.05) is 0 Å². The Bertz CT molecular complexity index is 357. The summed E-state index contributed by atoms with van der Waals surface area (Å²) in [6, 6.07) is 0. The molecule has 0 amide bonds. The first-order chi connectivity index (χ1) is 11.8. The summed E-state index contributed by atoms with van der Waals surface area (Å²) in [5.74, 6) is 7.75. The molecule has 0 saturated heterocycles. The molecule has 24 heavy (non-hydrogen) atoms. The minimum atomic E-state index is 1.02. The van der Waals surface area contributed by atoms with Gasteiger partial charge in [0.25, 0.3) is 0 Å². The molecule has 0 atom stereocenters. The molecule has 138 valence electrons. The van der Waals surface area contributed by atoms with Gasteiger partial charge in [-0.1, -0.05) is 58.3 Å². The van der Waals surface area contributed by atoms with Crippen LogP contribution in [0.3, 0.4) is 0 Å². The van der Waals surface area contributed by atoms with E-state index in [2.05, 4.69) is 6.92 Å². The van der Waals surface area contributed by atoms with Gasteiger partial charge in [0.2, 0.25) is 0 Å². The van der Waals surface area contributed by atoms with Crippen molar-refractivity contribution in [1.82, 2.24) is 0 Å². The highest BCUT2D eigenvalue weighted by Gasteiger charge is 2.34. The number of hydrogen-bond donors (Lipinski definition) is 0. The smallest absolute Gasteiger partial charge is 0.0386 e. The highest BCUT2D eigenvalue weighted by molar-refractivity contribution is 4.86. The zero-order chi connectivity index (χ0) is 16.4. The third-order valence-corrected chi connectivity index (χ3v) is 8.78. The van der Waals surface area contributed by atoms with E-state index in [1.54, 1.807) is 89.9 Å². The third kappa shape index (κ3) is 4.59. The Balaban J connectivity index is 1.15. The van der Waals surface area contributed by atoms with Crippen molar-refractivity contribution in [2.75, 3.05) is 0 Å². The van der Waals surface area contributed by atoms with E-state index >= 15 is 0 Å². The van der Waals surface area contributed by atoms with Gasteiger partial charge in [-0.3, -0.25) is 0 Å². The van der Waals surface area contributed by atoms with Crippen LogP contribution in [0.15, 0.2) is 0 Å². The van der Waals surface area contributed by atoms with Gasteiger partial charge in [-0.05, 0) is 92.8 Å². The van der Waals surface area contributed by atoms with Crippen molar-refractivity contribution in [3.05, 3.63) is 0 Å². The lowest BCUT2D eigenvalue weighted by Gasteiger charge is -2.41. The molecule has 0 unspecified atom stereocenters. The maximum absolute atomic E-state index is 2.47. The zero-order valence-corrected chi connectivity index (χ0v) is 16.4. The standard InChI is InChI=1S/C24H42/c1-18-2-10-21(11-3-18)23-14-16-24(17-15-23)22-12-8-20(9-13-22)7-6-19-4-5-19/h18-24H,2-17H2,1H3. The van der Waals surface area contributed by atoms with Crippen LogP contribution in [0.5, 0.6) is 0 Å². The van der Waals surface area contributed by atoms with Gasteiger partial charge in [-0.15, -0.1) is 0 Å². The van der Waals surface area contributed by atoms with Crippen LogP contribution in [0.2, 0.25) is 0 Å². The second-order valence-electron chi connectivity index (χ2n) is 10.5. The Hall–Kier alpha value is 0. The number of hydrogen-bond acceptors (Lipinski definition) is 0. The van der Waals surface area contributed by atoms with Gasteiger partial charge in [-0.2, -0.15) is 0 Å². The highest BCUT2D eigenvalue weighted by atomic mass is 14.4. The van der Waals surface area contributed by atoms with Crippen molar-refractivity contribution in [2.45, 2.75) is 110 Å². The maximum Gasteiger partial charge on any atom is -0.0386 e. The molecule has 4 aliphatic carbocycles. The molecule has 0 bridgehead atoms. The Kier molecular flexibility index (Phi) is 5.90. The summed E-state index contributed by atoms with van der Waals surface area (Å²) in [6.45, 7) is 2.47. The van der Waals surface area contributed by atoms with Gasteiger partial charge in [0.1, 0.15) is 0 Å². The van der Waals surface area contributed by atoms with Crippen LogP contribution in [0.4, 0.5) is 0 Å². The first-order valence-corrected chi connectivity index (χ1v) is 11.8. The van der Waals surface area contributed by atoms with Crippen molar-refractivity contribution in [2.24, 2.45) is 41.4 Å². The predicted molar refractivity (Wildman–Crippen MR) is 104 cm³/mol. The van der Waals surface area contributed by atoms with E-state index in [0.29, 0.717) is 0 Å². The van der Waals surface area contributed by atoms with Crippen LogP contribution in [0.1, 0.15) is 110 Å². The van der Waals surface area contributed by atoms with Gasteiger partial charge >= 0.3 is 0 Å². The highest BCUT2D eigenvalue weighted by Crippen LogP contribution is 2.46. The van der Waals surface area contributed by atoms with Crippen LogP contribution in [-0.2, 0) is 0 Å². The normalized spacial score (nSPS) is 44.4. The summed E-state index contributed by atoms with van der Waals surface area (Å²) in [4.78, 5) is 0. The van der Waals surface area contributed by atoms with Crippen LogP contribution < -0.4 is 0 Å². The molecule has 0 radical (unpaired) electrons. The van der Waals surface area contributed by atoms with Crippen molar-refractivity contribution < 1.29 is 0 Å². The monoisotopic (exact) mass is 330 g/mol. The van der Waals surface area contributed by atoms with Crippen molar-refractivity contribution in [3.63, 3.8) is 0 Å². The molecule has 4 saturated carbocycles. The van der Waals surface area contributed by atoms with Crippen LogP contribution >= 0.6 is 0 Å². The summed E-state index contributed by atoms with van der Waals surface area (Å²) >= 11 is 0. The topological polar surface area (TPSA) is 0 Å². The lowest BCUT2D eigenvalue weighted by Crippen LogP contribution is -2.29. The molecule has 0 aromatic rings. The van der Waals surface area contributed by atoms with E-state index in [9.17, 15) is 0 Å². The lowest BCUT2D eigenvalue weighted by atomic mass is 9.65. The molecule has 0 heterocycles. The van der Waals surface area contributed by atoms with Gasteiger partial charge in [0.05, 0.1) is 0 Å². The van der Waals surface area contributed by atoms with Gasteiger partial charge in [-0.25, -0.2) is 0 Å². The molecule has 0 nitrogen and oxygen atoms in total. The average molecular weight is 331 g/mol. The number of rotatable bonds is 5. The van der Waals surface area contributed by atoms with Crippen molar-refractivity contribution >= 4 is 0 Å². The fraction of sp³-hybridized carbons (Fsp3) is 1.00. The zero-order valence-electron chi connectivity index (χ0n) is 16.4.